The van der Waals surface area contributed by atoms with Crippen LogP contribution in [0.15, 0.2) is 18.6 Å². The van der Waals surface area contributed by atoms with E-state index in [2.05, 4.69) is 35.8 Å². The summed E-state index contributed by atoms with van der Waals surface area (Å²) in [4.78, 5) is 19.4. The van der Waals surface area contributed by atoms with Crippen molar-refractivity contribution in [3.05, 3.63) is 40.2 Å². The van der Waals surface area contributed by atoms with Crippen LogP contribution in [-0.2, 0) is 0 Å². The Kier molecular flexibility index (Phi) is 3.43. The van der Waals surface area contributed by atoms with Crippen molar-refractivity contribution in [1.82, 2.24) is 19.6 Å². The van der Waals surface area contributed by atoms with Crippen LogP contribution in [0.1, 0.15) is 46.1 Å². The molecule has 4 heterocycles. The number of fused-ring (bicyclic) bond motifs is 2. The fraction of sp³-hybridized carbons (Fsp3) is 0.278. The number of carbonyl (C=O) groups is 1. The number of rotatable bonds is 3. The first-order chi connectivity index (χ1) is 11.9. The number of carboxylic acid groups (broad SMARTS) is 1. The van der Waals surface area contributed by atoms with E-state index < -0.39 is 5.97 Å². The topological polar surface area (TPSA) is 83.3 Å². The van der Waals surface area contributed by atoms with Crippen LogP contribution in [0.3, 0.4) is 0 Å². The minimum atomic E-state index is -0.887. The highest BCUT2D eigenvalue weighted by molar-refractivity contribution is 7.21. The molecule has 0 aromatic carbocycles. The van der Waals surface area contributed by atoms with Crippen molar-refractivity contribution in [2.24, 2.45) is 0 Å². The molecule has 6 nitrogen and oxygen atoms in total. The Morgan fingerprint density at radius 2 is 2.08 bits per heavy atom. The van der Waals surface area contributed by atoms with Gasteiger partial charge in [0.15, 0.2) is 5.65 Å². The number of aromatic nitrogens is 4. The lowest BCUT2D eigenvalue weighted by atomic mass is 9.96. The van der Waals surface area contributed by atoms with Crippen molar-refractivity contribution in [1.29, 1.82) is 0 Å². The number of hydrogen-bond donors (Lipinski definition) is 2. The first-order valence-electron chi connectivity index (χ1n) is 8.07. The fourth-order valence-corrected chi connectivity index (χ4v) is 4.47. The second-order valence-electron chi connectivity index (χ2n) is 6.55. The van der Waals surface area contributed by atoms with Crippen molar-refractivity contribution in [3.63, 3.8) is 0 Å². The molecule has 0 saturated carbocycles. The van der Waals surface area contributed by atoms with Crippen molar-refractivity contribution in [2.45, 2.75) is 33.6 Å². The van der Waals surface area contributed by atoms with Crippen molar-refractivity contribution in [2.75, 3.05) is 0 Å². The van der Waals surface area contributed by atoms with Gasteiger partial charge in [-0.05, 0) is 42.5 Å². The van der Waals surface area contributed by atoms with Gasteiger partial charge in [-0.1, -0.05) is 13.8 Å². The molecule has 4 aromatic heterocycles. The second-order valence-corrected chi connectivity index (χ2v) is 7.60. The minimum absolute atomic E-state index is 0.259. The molecule has 0 atom stereocenters. The molecule has 0 fully saturated rings. The van der Waals surface area contributed by atoms with Crippen LogP contribution in [0.5, 0.6) is 0 Å². The first-order valence-corrected chi connectivity index (χ1v) is 8.88. The summed E-state index contributed by atoms with van der Waals surface area (Å²) in [5.74, 6) is -0.628. The van der Waals surface area contributed by atoms with Crippen molar-refractivity contribution in [3.8, 4) is 11.3 Å². The van der Waals surface area contributed by atoms with Gasteiger partial charge in [0.2, 0.25) is 0 Å². The van der Waals surface area contributed by atoms with Gasteiger partial charge < -0.3 is 10.1 Å². The van der Waals surface area contributed by atoms with Gasteiger partial charge in [0.25, 0.3) is 0 Å². The maximum atomic E-state index is 11.3. The van der Waals surface area contributed by atoms with Gasteiger partial charge in [0, 0.05) is 11.8 Å². The Labute approximate surface area is 148 Å². The van der Waals surface area contributed by atoms with E-state index in [0.29, 0.717) is 4.88 Å². The summed E-state index contributed by atoms with van der Waals surface area (Å²) in [5.41, 5.74) is 7.22. The molecule has 0 saturated heterocycles. The van der Waals surface area contributed by atoms with Crippen LogP contribution in [-0.4, -0.2) is 30.7 Å². The van der Waals surface area contributed by atoms with E-state index in [9.17, 15) is 9.90 Å². The number of thiophene rings is 1. The Balaban J connectivity index is 2.04. The predicted molar refractivity (Wildman–Crippen MR) is 98.7 cm³/mol. The number of hydrogen-bond acceptors (Lipinski definition) is 4. The van der Waals surface area contributed by atoms with Gasteiger partial charge in [-0.2, -0.15) is 5.10 Å². The van der Waals surface area contributed by atoms with Crippen LogP contribution in [0.25, 0.3) is 27.1 Å². The highest BCUT2D eigenvalue weighted by Gasteiger charge is 2.22. The quantitative estimate of drug-likeness (QED) is 0.572. The van der Waals surface area contributed by atoms with Gasteiger partial charge in [-0.15, -0.1) is 11.3 Å². The van der Waals surface area contributed by atoms with E-state index in [1.165, 1.54) is 11.3 Å². The molecule has 2 N–H and O–H groups in total. The van der Waals surface area contributed by atoms with E-state index >= 15 is 0 Å². The predicted octanol–water partition coefficient (Wildman–Crippen LogP) is 4.38. The summed E-state index contributed by atoms with van der Waals surface area (Å²) in [6.07, 6.45) is 3.55. The van der Waals surface area contributed by atoms with Gasteiger partial charge in [-0.3, -0.25) is 0 Å². The van der Waals surface area contributed by atoms with E-state index in [4.69, 9.17) is 0 Å². The summed E-state index contributed by atoms with van der Waals surface area (Å²) >= 11 is 1.33. The van der Waals surface area contributed by atoms with Crippen LogP contribution >= 0.6 is 11.3 Å². The first kappa shape index (κ1) is 15.8. The molecule has 0 aliphatic heterocycles. The normalized spacial score (nSPS) is 11.9. The maximum absolute atomic E-state index is 11.3. The third-order valence-corrected chi connectivity index (χ3v) is 5.85. The SMILES string of the molecule is Cc1c(-c2[nH]c3cc(C(=O)O)sc3c2C(C)C)cn2ncnc2c1C. The molecule has 25 heavy (non-hydrogen) atoms. The number of H-pyrrole nitrogens is 1. The Bertz CT molecular complexity index is 1130. The molecule has 0 aliphatic rings. The minimum Gasteiger partial charge on any atom is -0.477 e. The number of carboxylic acids is 1. The van der Waals surface area contributed by atoms with Gasteiger partial charge in [0.05, 0.1) is 15.9 Å². The standard InChI is InChI=1S/C18H18N4O2S/c1-8(2)14-15(21-12-5-13(18(23)24)25-16(12)14)11-6-22-17(19-7-20-22)10(4)9(11)3/h5-8,21H,1-4H3,(H,23,24). The Morgan fingerprint density at radius 3 is 2.76 bits per heavy atom. The molecule has 0 radical (unpaired) electrons. The number of aromatic amines is 1. The maximum Gasteiger partial charge on any atom is 0.345 e. The van der Waals surface area contributed by atoms with Crippen LogP contribution in [0.2, 0.25) is 0 Å². The molecule has 0 amide bonds. The third-order valence-electron chi connectivity index (χ3n) is 4.69. The molecular formula is C18H18N4O2S. The summed E-state index contributed by atoms with van der Waals surface area (Å²) in [5, 5.41) is 13.6. The zero-order valence-corrected chi connectivity index (χ0v) is 15.2. The summed E-state index contributed by atoms with van der Waals surface area (Å²) in [6.45, 7) is 8.39. The third kappa shape index (κ3) is 2.26. The molecule has 4 aromatic rings. The molecule has 128 valence electrons. The summed E-state index contributed by atoms with van der Waals surface area (Å²) < 4.78 is 2.80. The summed E-state index contributed by atoms with van der Waals surface area (Å²) in [7, 11) is 0. The lowest BCUT2D eigenvalue weighted by Crippen LogP contribution is -1.99. The highest BCUT2D eigenvalue weighted by Crippen LogP contribution is 2.41. The fourth-order valence-electron chi connectivity index (χ4n) is 3.32. The van der Waals surface area contributed by atoms with Gasteiger partial charge in [0.1, 0.15) is 11.2 Å². The van der Waals surface area contributed by atoms with E-state index in [1.807, 2.05) is 13.1 Å². The number of aryl methyl sites for hydroxylation is 1. The molecular weight excluding hydrogens is 336 g/mol. The average molecular weight is 354 g/mol. The van der Waals surface area contributed by atoms with Crippen LogP contribution in [0.4, 0.5) is 0 Å². The van der Waals surface area contributed by atoms with Crippen molar-refractivity contribution < 1.29 is 9.90 Å². The average Bonchev–Trinajstić information content (AvgIpc) is 3.22. The lowest BCUT2D eigenvalue weighted by molar-refractivity contribution is 0.0702. The largest absolute Gasteiger partial charge is 0.477 e. The number of nitrogens with one attached hydrogen (secondary N) is 1. The zero-order chi connectivity index (χ0) is 17.9. The molecule has 0 aliphatic carbocycles. The number of nitrogens with zero attached hydrogens (tertiary/aromatic N) is 3. The van der Waals surface area contributed by atoms with Gasteiger partial charge in [-0.25, -0.2) is 14.3 Å². The summed E-state index contributed by atoms with van der Waals surface area (Å²) in [6, 6.07) is 1.72. The monoisotopic (exact) mass is 354 g/mol. The highest BCUT2D eigenvalue weighted by atomic mass is 32.1. The molecule has 0 unspecified atom stereocenters. The zero-order valence-electron chi connectivity index (χ0n) is 14.4. The van der Waals surface area contributed by atoms with Crippen LogP contribution in [0, 0.1) is 13.8 Å². The van der Waals surface area contributed by atoms with Crippen molar-refractivity contribution >= 4 is 33.2 Å². The van der Waals surface area contributed by atoms with E-state index in [1.54, 1.807) is 16.9 Å². The van der Waals surface area contributed by atoms with Crippen LogP contribution < -0.4 is 0 Å². The Morgan fingerprint density at radius 1 is 1.32 bits per heavy atom. The van der Waals surface area contributed by atoms with E-state index in [0.717, 1.165) is 43.8 Å². The molecule has 0 spiro atoms. The lowest BCUT2D eigenvalue weighted by Gasteiger charge is -2.13. The smallest absolute Gasteiger partial charge is 0.345 e. The Hall–Kier alpha value is -2.67. The molecule has 4 rings (SSSR count). The number of aromatic carboxylic acids is 1. The molecule has 0 bridgehead atoms. The van der Waals surface area contributed by atoms with E-state index in [-0.39, 0.29) is 5.92 Å². The number of pyridine rings is 1. The molecule has 7 heteroatoms. The van der Waals surface area contributed by atoms with Gasteiger partial charge >= 0.3 is 5.97 Å². The second kappa shape index (κ2) is 5.42.